The second kappa shape index (κ2) is 7.37. The van der Waals surface area contributed by atoms with Crippen molar-refractivity contribution in [2.24, 2.45) is 22.7 Å². The summed E-state index contributed by atoms with van der Waals surface area (Å²) in [5, 5.41) is 5.24. The Morgan fingerprint density at radius 1 is 1.27 bits per heavy atom. The van der Waals surface area contributed by atoms with Gasteiger partial charge in [-0.15, -0.1) is 0 Å². The molecule has 0 aromatic carbocycles. The molecule has 1 aliphatic carbocycles. The molecule has 2 aliphatic rings. The lowest BCUT2D eigenvalue weighted by Gasteiger charge is -2.48. The Morgan fingerprint density at radius 2 is 1.92 bits per heavy atom. The lowest BCUT2D eigenvalue weighted by atomic mass is 9.57. The molecule has 146 valence electrons. The van der Waals surface area contributed by atoms with Gasteiger partial charge in [-0.2, -0.15) is 0 Å². The van der Waals surface area contributed by atoms with E-state index in [-0.39, 0.29) is 36.2 Å². The Labute approximate surface area is 154 Å². The summed E-state index contributed by atoms with van der Waals surface area (Å²) in [6.07, 6.45) is 1.65. The molecular weight excluding hydrogens is 336 g/mol. The van der Waals surface area contributed by atoms with Crippen LogP contribution < -0.4 is 10.6 Å². The molecule has 2 rings (SSSR count). The van der Waals surface area contributed by atoms with Crippen molar-refractivity contribution in [3.05, 3.63) is 0 Å². The molecule has 1 saturated carbocycles. The maximum Gasteiger partial charge on any atom is 0.328 e. The molecule has 1 heterocycles. The smallest absolute Gasteiger partial charge is 0.328 e. The molecule has 1 unspecified atom stereocenters. The maximum absolute atomic E-state index is 13.0. The van der Waals surface area contributed by atoms with Crippen LogP contribution in [0, 0.1) is 22.7 Å². The Kier molecular flexibility index (Phi) is 5.78. The number of fused-ring (bicyclic) bond motifs is 2. The van der Waals surface area contributed by atoms with Crippen LogP contribution in [-0.4, -0.2) is 36.3 Å². The summed E-state index contributed by atoms with van der Waals surface area (Å²) >= 11 is 0. The van der Waals surface area contributed by atoms with Crippen LogP contribution in [0.5, 0.6) is 0 Å². The van der Waals surface area contributed by atoms with Gasteiger partial charge < -0.3 is 10.1 Å². The molecule has 2 N–H and O–H groups in total. The van der Waals surface area contributed by atoms with Crippen LogP contribution in [0.3, 0.4) is 0 Å². The van der Waals surface area contributed by atoms with Crippen molar-refractivity contribution in [1.29, 1.82) is 0 Å². The molecule has 1 aliphatic heterocycles. The minimum absolute atomic E-state index is 0.202. The van der Waals surface area contributed by atoms with Crippen molar-refractivity contribution in [3.8, 4) is 0 Å². The van der Waals surface area contributed by atoms with E-state index in [0.29, 0.717) is 25.7 Å². The van der Waals surface area contributed by atoms with Gasteiger partial charge in [-0.05, 0) is 38.5 Å². The van der Waals surface area contributed by atoms with Gasteiger partial charge in [-0.25, -0.2) is 4.79 Å². The minimum atomic E-state index is -0.882. The number of esters is 1. The van der Waals surface area contributed by atoms with E-state index in [0.717, 1.165) is 0 Å². The zero-order valence-electron chi connectivity index (χ0n) is 16.3. The first kappa shape index (κ1) is 20.4. The van der Waals surface area contributed by atoms with Gasteiger partial charge in [0.25, 0.3) is 0 Å². The highest BCUT2D eigenvalue weighted by molar-refractivity contribution is 6.03. The fourth-order valence-corrected chi connectivity index (χ4v) is 4.32. The summed E-state index contributed by atoms with van der Waals surface area (Å²) in [4.78, 5) is 49.6. The number of amides is 3. The number of hydrogen-bond acceptors (Lipinski definition) is 5. The van der Waals surface area contributed by atoms with E-state index in [1.165, 1.54) is 0 Å². The lowest BCUT2D eigenvalue weighted by Crippen LogP contribution is -2.60. The molecule has 4 atom stereocenters. The van der Waals surface area contributed by atoms with Crippen LogP contribution in [-0.2, 0) is 23.9 Å². The summed E-state index contributed by atoms with van der Waals surface area (Å²) in [6, 6.07) is -0.724. The van der Waals surface area contributed by atoms with Gasteiger partial charge in [0.2, 0.25) is 17.7 Å². The topological polar surface area (TPSA) is 102 Å². The number of nitrogens with one attached hydrogen (secondary N) is 2. The van der Waals surface area contributed by atoms with Gasteiger partial charge in [0.1, 0.15) is 6.04 Å². The number of ether oxygens (including phenoxy) is 1. The molecule has 7 nitrogen and oxygen atoms in total. The SMILES string of the molecule is CCOC(=O)C(CC(C)C)NC(=O)[C@]1(C)C[C@@H]2C[C@](C)(C1)C(=O)NC2=O. The van der Waals surface area contributed by atoms with Crippen molar-refractivity contribution in [3.63, 3.8) is 0 Å². The largest absolute Gasteiger partial charge is 0.464 e. The number of hydrogen-bond donors (Lipinski definition) is 2. The Bertz CT molecular complexity index is 617. The number of piperidine rings is 1. The summed E-state index contributed by atoms with van der Waals surface area (Å²) in [5.41, 5.74) is -1.63. The summed E-state index contributed by atoms with van der Waals surface area (Å²) in [5.74, 6) is -1.54. The second-order valence-electron chi connectivity index (χ2n) is 8.63. The van der Waals surface area contributed by atoms with Crippen LogP contribution in [0.4, 0.5) is 0 Å². The summed E-state index contributed by atoms with van der Waals surface area (Å²) in [7, 11) is 0. The van der Waals surface area contributed by atoms with Crippen LogP contribution in [0.2, 0.25) is 0 Å². The van der Waals surface area contributed by atoms with Crippen molar-refractivity contribution >= 4 is 23.7 Å². The average molecular weight is 366 g/mol. The van der Waals surface area contributed by atoms with E-state index >= 15 is 0 Å². The van der Waals surface area contributed by atoms with Crippen molar-refractivity contribution < 1.29 is 23.9 Å². The third kappa shape index (κ3) is 4.07. The van der Waals surface area contributed by atoms with E-state index < -0.39 is 22.8 Å². The van der Waals surface area contributed by atoms with E-state index in [1.54, 1.807) is 20.8 Å². The first-order valence-corrected chi connectivity index (χ1v) is 9.33. The summed E-state index contributed by atoms with van der Waals surface area (Å²) < 4.78 is 5.08. The molecule has 26 heavy (non-hydrogen) atoms. The highest BCUT2D eigenvalue weighted by Gasteiger charge is 2.55. The zero-order valence-corrected chi connectivity index (χ0v) is 16.3. The predicted octanol–water partition coefficient (Wildman–Crippen LogP) is 1.55. The third-order valence-electron chi connectivity index (χ3n) is 5.46. The molecule has 0 aromatic heterocycles. The van der Waals surface area contributed by atoms with E-state index in [2.05, 4.69) is 10.6 Å². The molecule has 0 radical (unpaired) electrons. The molecule has 1 saturated heterocycles. The second-order valence-corrected chi connectivity index (χ2v) is 8.63. The fraction of sp³-hybridized carbons (Fsp3) is 0.789. The standard InChI is InChI=1S/C19H30N2O5/c1-6-26-15(23)13(7-11(2)3)20-16(24)18(4)8-12-9-19(5,10-18)17(25)21-14(12)22/h11-13H,6-10H2,1-5H3,(H,20,24)(H,21,22,25)/t12-,13?,18-,19-/m1/s1. The normalized spacial score (nSPS) is 32.0. The third-order valence-corrected chi connectivity index (χ3v) is 5.46. The quantitative estimate of drug-likeness (QED) is 0.549. The van der Waals surface area contributed by atoms with Crippen molar-refractivity contribution in [2.45, 2.75) is 66.3 Å². The van der Waals surface area contributed by atoms with Crippen LogP contribution >= 0.6 is 0 Å². The Balaban J connectivity index is 2.19. The van der Waals surface area contributed by atoms with Crippen molar-refractivity contribution in [1.82, 2.24) is 10.6 Å². The number of imide groups is 1. The van der Waals surface area contributed by atoms with Gasteiger partial charge in [0.05, 0.1) is 6.61 Å². The van der Waals surface area contributed by atoms with Gasteiger partial charge in [0.15, 0.2) is 0 Å². The average Bonchev–Trinajstić information content (AvgIpc) is 2.51. The first-order chi connectivity index (χ1) is 12.0. The van der Waals surface area contributed by atoms with Gasteiger partial charge in [-0.1, -0.05) is 27.7 Å². The molecular formula is C19H30N2O5. The highest BCUT2D eigenvalue weighted by Crippen LogP contribution is 2.51. The van der Waals surface area contributed by atoms with Gasteiger partial charge in [0, 0.05) is 16.7 Å². The monoisotopic (exact) mass is 366 g/mol. The van der Waals surface area contributed by atoms with Gasteiger partial charge in [-0.3, -0.25) is 19.7 Å². The molecule has 0 aromatic rings. The molecule has 3 amide bonds. The summed E-state index contributed by atoms with van der Waals surface area (Å²) in [6.45, 7) is 9.47. The lowest BCUT2D eigenvalue weighted by molar-refractivity contribution is -0.158. The highest BCUT2D eigenvalue weighted by atomic mass is 16.5. The predicted molar refractivity (Wildman–Crippen MR) is 94.7 cm³/mol. The first-order valence-electron chi connectivity index (χ1n) is 9.33. The Morgan fingerprint density at radius 3 is 2.50 bits per heavy atom. The van der Waals surface area contributed by atoms with Gasteiger partial charge >= 0.3 is 5.97 Å². The number of rotatable bonds is 6. The number of carbonyl (C=O) groups excluding carboxylic acids is 4. The van der Waals surface area contributed by atoms with Crippen LogP contribution in [0.15, 0.2) is 0 Å². The molecule has 2 fully saturated rings. The van der Waals surface area contributed by atoms with Crippen LogP contribution in [0.1, 0.15) is 60.3 Å². The van der Waals surface area contributed by atoms with Crippen molar-refractivity contribution in [2.75, 3.05) is 6.61 Å². The maximum atomic E-state index is 13.0. The Hall–Kier alpha value is -1.92. The zero-order chi connectivity index (χ0) is 19.7. The minimum Gasteiger partial charge on any atom is -0.464 e. The van der Waals surface area contributed by atoms with E-state index in [9.17, 15) is 19.2 Å². The van der Waals surface area contributed by atoms with Crippen LogP contribution in [0.25, 0.3) is 0 Å². The molecule has 0 spiro atoms. The molecule has 2 bridgehead atoms. The number of carbonyl (C=O) groups is 4. The fourth-order valence-electron chi connectivity index (χ4n) is 4.32. The van der Waals surface area contributed by atoms with E-state index in [1.807, 2.05) is 13.8 Å². The van der Waals surface area contributed by atoms with E-state index in [4.69, 9.17) is 4.74 Å². The molecule has 7 heteroatoms.